The Labute approximate surface area is 166 Å². The van der Waals surface area contributed by atoms with Gasteiger partial charge >= 0.3 is 6.03 Å². The second kappa shape index (κ2) is 7.87. The second-order valence-electron chi connectivity index (χ2n) is 6.85. The highest BCUT2D eigenvalue weighted by atomic mass is 19.1. The van der Waals surface area contributed by atoms with Gasteiger partial charge in [0.25, 0.3) is 0 Å². The highest BCUT2D eigenvalue weighted by molar-refractivity contribution is 6.00. The number of pyridine rings is 1. The van der Waals surface area contributed by atoms with Gasteiger partial charge in [-0.3, -0.25) is 0 Å². The lowest BCUT2D eigenvalue weighted by Gasteiger charge is -2.15. The molecule has 0 saturated heterocycles. The van der Waals surface area contributed by atoms with E-state index in [-0.39, 0.29) is 11.6 Å². The summed E-state index contributed by atoms with van der Waals surface area (Å²) in [5.74, 6) is -0.630. The van der Waals surface area contributed by atoms with Crippen LogP contribution in [0.25, 0.3) is 0 Å². The van der Waals surface area contributed by atoms with Gasteiger partial charge < -0.3 is 15.4 Å². The number of amides is 2. The average Bonchev–Trinajstić information content (AvgIpc) is 3.19. The molecule has 0 unspecified atom stereocenters. The molecule has 0 aliphatic heterocycles. The summed E-state index contributed by atoms with van der Waals surface area (Å²) in [5, 5.41) is 4.95. The Morgan fingerprint density at radius 1 is 1.03 bits per heavy atom. The molecule has 4 rings (SSSR count). The number of urea groups is 1. The minimum absolute atomic E-state index is 0.133. The summed E-state index contributed by atoms with van der Waals surface area (Å²) in [6.07, 6.45) is 4.60. The number of nitrogens with zero attached hydrogens (tertiary/aromatic N) is 1. The van der Waals surface area contributed by atoms with Crippen molar-refractivity contribution in [3.05, 3.63) is 77.0 Å². The first-order chi connectivity index (χ1) is 14.0. The van der Waals surface area contributed by atoms with Gasteiger partial charge in [-0.15, -0.1) is 0 Å². The van der Waals surface area contributed by atoms with Crippen LogP contribution in [0, 0.1) is 18.6 Å². The predicted octanol–water partition coefficient (Wildman–Crippen LogP) is 5.59. The number of carbonyl (C=O) groups is 1. The van der Waals surface area contributed by atoms with Crippen molar-refractivity contribution in [3.8, 4) is 11.6 Å². The monoisotopic (exact) mass is 395 g/mol. The lowest BCUT2D eigenvalue weighted by molar-refractivity contribution is 0.262. The molecule has 0 radical (unpaired) electrons. The van der Waals surface area contributed by atoms with E-state index in [4.69, 9.17) is 4.74 Å². The maximum absolute atomic E-state index is 13.8. The van der Waals surface area contributed by atoms with E-state index in [1.165, 1.54) is 16.7 Å². The predicted molar refractivity (Wildman–Crippen MR) is 107 cm³/mol. The van der Waals surface area contributed by atoms with Crippen LogP contribution in [0.2, 0.25) is 0 Å². The summed E-state index contributed by atoms with van der Waals surface area (Å²) in [6.45, 7) is 2.08. The molecule has 1 heterocycles. The van der Waals surface area contributed by atoms with E-state index in [0.717, 1.165) is 37.1 Å². The van der Waals surface area contributed by atoms with Crippen LogP contribution in [0.4, 0.5) is 25.0 Å². The van der Waals surface area contributed by atoms with E-state index < -0.39 is 17.7 Å². The Hall–Kier alpha value is -3.48. The summed E-state index contributed by atoms with van der Waals surface area (Å²) in [7, 11) is 0. The van der Waals surface area contributed by atoms with Crippen molar-refractivity contribution in [2.45, 2.75) is 26.2 Å². The molecular weight excluding hydrogens is 376 g/mol. The highest BCUT2D eigenvalue weighted by Gasteiger charge is 2.20. The maximum atomic E-state index is 13.8. The van der Waals surface area contributed by atoms with Crippen molar-refractivity contribution in [1.29, 1.82) is 0 Å². The molecule has 3 aromatic rings. The molecule has 0 bridgehead atoms. The largest absolute Gasteiger partial charge is 0.437 e. The number of carbonyl (C=O) groups excluding carboxylic acids is 1. The molecule has 2 aromatic carbocycles. The number of nitrogens with one attached hydrogen (secondary N) is 2. The zero-order valence-electron chi connectivity index (χ0n) is 15.8. The molecule has 2 amide bonds. The van der Waals surface area contributed by atoms with Gasteiger partial charge in [0, 0.05) is 12.3 Å². The lowest BCUT2D eigenvalue weighted by atomic mass is 10.0. The first-order valence-electron chi connectivity index (χ1n) is 9.28. The number of hydrogen-bond donors (Lipinski definition) is 2. The van der Waals surface area contributed by atoms with E-state index in [1.54, 1.807) is 18.3 Å². The van der Waals surface area contributed by atoms with Gasteiger partial charge in [-0.25, -0.2) is 18.6 Å². The number of aromatic nitrogens is 1. The summed E-state index contributed by atoms with van der Waals surface area (Å²) in [4.78, 5) is 16.5. The summed E-state index contributed by atoms with van der Waals surface area (Å²) >= 11 is 0. The minimum Gasteiger partial charge on any atom is -0.437 e. The fourth-order valence-corrected chi connectivity index (χ4v) is 3.49. The molecule has 1 aromatic heterocycles. The smallest absolute Gasteiger partial charge is 0.323 e. The SMILES string of the molecule is Cc1ccc(Oc2ncccc2NC(=O)Nc2ccc(F)cc2F)c2c1CCC2. The van der Waals surface area contributed by atoms with E-state index in [1.807, 2.05) is 12.1 Å². The third kappa shape index (κ3) is 4.03. The van der Waals surface area contributed by atoms with E-state index in [0.29, 0.717) is 11.8 Å². The van der Waals surface area contributed by atoms with Gasteiger partial charge in [0.15, 0.2) is 0 Å². The molecule has 1 aliphatic carbocycles. The van der Waals surface area contributed by atoms with E-state index in [2.05, 4.69) is 22.5 Å². The van der Waals surface area contributed by atoms with Crippen molar-refractivity contribution < 1.29 is 18.3 Å². The van der Waals surface area contributed by atoms with Crippen LogP contribution >= 0.6 is 0 Å². The summed E-state index contributed by atoms with van der Waals surface area (Å²) in [5.41, 5.74) is 3.91. The molecule has 29 heavy (non-hydrogen) atoms. The number of halogens is 2. The van der Waals surface area contributed by atoms with Crippen LogP contribution in [0.1, 0.15) is 23.1 Å². The van der Waals surface area contributed by atoms with Crippen LogP contribution in [-0.4, -0.2) is 11.0 Å². The van der Waals surface area contributed by atoms with E-state index in [9.17, 15) is 13.6 Å². The minimum atomic E-state index is -0.863. The number of aryl methyl sites for hydroxylation is 1. The fraction of sp³-hybridized carbons (Fsp3) is 0.182. The second-order valence-corrected chi connectivity index (χ2v) is 6.85. The number of anilines is 2. The zero-order valence-corrected chi connectivity index (χ0v) is 15.8. The van der Waals surface area contributed by atoms with Crippen LogP contribution < -0.4 is 15.4 Å². The molecule has 7 heteroatoms. The first-order valence-corrected chi connectivity index (χ1v) is 9.28. The van der Waals surface area contributed by atoms with Crippen LogP contribution in [0.15, 0.2) is 48.7 Å². The third-order valence-corrected chi connectivity index (χ3v) is 4.88. The normalized spacial score (nSPS) is 12.4. The zero-order chi connectivity index (χ0) is 20.4. The van der Waals surface area contributed by atoms with Gasteiger partial charge in [-0.2, -0.15) is 0 Å². The molecule has 0 fully saturated rings. The molecule has 2 N–H and O–H groups in total. The molecule has 0 spiro atoms. The topological polar surface area (TPSA) is 63.2 Å². The van der Waals surface area contributed by atoms with Crippen molar-refractivity contribution in [3.63, 3.8) is 0 Å². The van der Waals surface area contributed by atoms with Crippen LogP contribution in [-0.2, 0) is 12.8 Å². The Kier molecular flexibility index (Phi) is 5.12. The Morgan fingerprint density at radius 3 is 2.66 bits per heavy atom. The molecule has 0 saturated carbocycles. The maximum Gasteiger partial charge on any atom is 0.323 e. The highest BCUT2D eigenvalue weighted by Crippen LogP contribution is 2.36. The van der Waals surface area contributed by atoms with Gasteiger partial charge in [0.1, 0.15) is 23.1 Å². The van der Waals surface area contributed by atoms with Crippen molar-refractivity contribution in [1.82, 2.24) is 4.98 Å². The van der Waals surface area contributed by atoms with Gasteiger partial charge in [0.2, 0.25) is 5.88 Å². The summed E-state index contributed by atoms with van der Waals surface area (Å²) in [6, 6.07) is 9.44. The molecule has 5 nitrogen and oxygen atoms in total. The third-order valence-electron chi connectivity index (χ3n) is 4.88. The molecule has 148 valence electrons. The Bertz CT molecular complexity index is 1090. The number of fused-ring (bicyclic) bond motifs is 1. The summed E-state index contributed by atoms with van der Waals surface area (Å²) < 4.78 is 32.8. The Morgan fingerprint density at radius 2 is 1.83 bits per heavy atom. The van der Waals surface area contributed by atoms with Crippen molar-refractivity contribution in [2.75, 3.05) is 10.6 Å². The average molecular weight is 395 g/mol. The van der Waals surface area contributed by atoms with Gasteiger partial charge in [0.05, 0.1) is 5.69 Å². The quantitative estimate of drug-likeness (QED) is 0.605. The number of benzene rings is 2. The molecule has 0 atom stereocenters. The lowest BCUT2D eigenvalue weighted by Crippen LogP contribution is -2.20. The van der Waals surface area contributed by atoms with Crippen LogP contribution in [0.5, 0.6) is 11.6 Å². The van der Waals surface area contributed by atoms with Crippen molar-refractivity contribution >= 4 is 17.4 Å². The van der Waals surface area contributed by atoms with Crippen LogP contribution in [0.3, 0.4) is 0 Å². The standard InChI is InChI=1S/C22H19F2N3O2/c1-13-7-10-20(16-5-2-4-15(13)16)29-21-19(6-3-11-25-21)27-22(28)26-18-9-8-14(23)12-17(18)24/h3,6-12H,2,4-5H2,1H3,(H2,26,27,28). The number of rotatable bonds is 4. The fourth-order valence-electron chi connectivity index (χ4n) is 3.49. The molecular formula is C22H19F2N3O2. The van der Waals surface area contributed by atoms with Crippen molar-refractivity contribution in [2.24, 2.45) is 0 Å². The van der Waals surface area contributed by atoms with Gasteiger partial charge in [-0.1, -0.05) is 6.07 Å². The molecule has 1 aliphatic rings. The number of hydrogen-bond acceptors (Lipinski definition) is 3. The Balaban J connectivity index is 1.53. The van der Waals surface area contributed by atoms with Gasteiger partial charge in [-0.05, 0) is 73.2 Å². The number of ether oxygens (including phenoxy) is 1. The van der Waals surface area contributed by atoms with E-state index >= 15 is 0 Å². The first kappa shape index (κ1) is 18.9.